The third kappa shape index (κ3) is 2.77. The van der Waals surface area contributed by atoms with Crippen molar-refractivity contribution in [2.24, 2.45) is 0 Å². The molecule has 1 aliphatic rings. The lowest BCUT2D eigenvalue weighted by molar-refractivity contribution is -0.128. The highest BCUT2D eigenvalue weighted by atomic mass is 35.5. The largest absolute Gasteiger partial charge is 0.493 e. The number of pyridine rings is 1. The van der Waals surface area contributed by atoms with Crippen molar-refractivity contribution in [3.05, 3.63) is 40.8 Å². The molecule has 2 aromatic rings. The number of hydrogen-bond donors (Lipinski definition) is 0. The number of benzene rings is 1. The second-order valence-electron chi connectivity index (χ2n) is 5.40. The minimum atomic E-state index is -0.516. The van der Waals surface area contributed by atoms with Gasteiger partial charge in [-0.1, -0.05) is 17.7 Å². The number of ether oxygens (including phenoxy) is 1. The Morgan fingerprint density at radius 2 is 2.26 bits per heavy atom. The first kappa shape index (κ1) is 15.7. The predicted molar refractivity (Wildman–Crippen MR) is 88.1 cm³/mol. The number of aromatic nitrogens is 1. The maximum Gasteiger partial charge on any atom is 0.219 e. The molecule has 0 saturated carbocycles. The summed E-state index contributed by atoms with van der Waals surface area (Å²) >= 11 is 6.18. The Morgan fingerprint density at radius 3 is 2.87 bits per heavy atom. The van der Waals surface area contributed by atoms with Crippen LogP contribution in [0.4, 0.5) is 4.39 Å². The average molecular weight is 335 g/mol. The van der Waals surface area contributed by atoms with Crippen LogP contribution >= 0.6 is 11.6 Å². The van der Waals surface area contributed by atoms with E-state index in [-0.39, 0.29) is 17.2 Å². The van der Waals surface area contributed by atoms with E-state index in [9.17, 15) is 9.18 Å². The van der Waals surface area contributed by atoms with Gasteiger partial charge in [-0.2, -0.15) is 0 Å². The standard InChI is InChI=1S/C17H16ClFN2O2/c1-10(22)21-7-4-11(5-8-21)12-9-13-14(18)3-6-20-16(13)15(19)17(12)23-2/h3-4,6,9H,5,7-8H2,1-2H3. The van der Waals surface area contributed by atoms with E-state index in [2.05, 4.69) is 4.98 Å². The fourth-order valence-electron chi connectivity index (χ4n) is 2.84. The molecule has 0 fully saturated rings. The molecule has 0 spiro atoms. The van der Waals surface area contributed by atoms with E-state index in [0.29, 0.717) is 35.5 Å². The van der Waals surface area contributed by atoms with Gasteiger partial charge < -0.3 is 9.64 Å². The molecule has 0 N–H and O–H groups in total. The minimum Gasteiger partial charge on any atom is -0.493 e. The van der Waals surface area contributed by atoms with Gasteiger partial charge >= 0.3 is 0 Å². The molecule has 0 atom stereocenters. The van der Waals surface area contributed by atoms with Crippen molar-refractivity contribution in [1.82, 2.24) is 9.88 Å². The molecular formula is C17H16ClFN2O2. The van der Waals surface area contributed by atoms with Crippen molar-refractivity contribution in [3.63, 3.8) is 0 Å². The van der Waals surface area contributed by atoms with Crippen molar-refractivity contribution in [1.29, 1.82) is 0 Å². The van der Waals surface area contributed by atoms with Crippen LogP contribution in [-0.4, -0.2) is 36.0 Å². The van der Waals surface area contributed by atoms with Crippen LogP contribution in [0.3, 0.4) is 0 Å². The molecular weight excluding hydrogens is 319 g/mol. The summed E-state index contributed by atoms with van der Waals surface area (Å²) in [5.41, 5.74) is 1.80. The van der Waals surface area contributed by atoms with Crippen molar-refractivity contribution >= 4 is 34.0 Å². The average Bonchev–Trinajstić information content (AvgIpc) is 2.55. The first-order valence-corrected chi connectivity index (χ1v) is 7.66. The zero-order valence-electron chi connectivity index (χ0n) is 12.9. The van der Waals surface area contributed by atoms with Crippen LogP contribution in [0.25, 0.3) is 16.5 Å². The van der Waals surface area contributed by atoms with E-state index in [1.54, 1.807) is 17.9 Å². The summed E-state index contributed by atoms with van der Waals surface area (Å²) in [4.78, 5) is 17.2. The highest BCUT2D eigenvalue weighted by Gasteiger charge is 2.22. The molecule has 0 unspecified atom stereocenters. The van der Waals surface area contributed by atoms with E-state index in [0.717, 1.165) is 5.57 Å². The minimum absolute atomic E-state index is 0.0317. The number of hydrogen-bond acceptors (Lipinski definition) is 3. The van der Waals surface area contributed by atoms with Gasteiger partial charge in [-0.25, -0.2) is 4.39 Å². The molecule has 6 heteroatoms. The molecule has 0 saturated heterocycles. The van der Waals surface area contributed by atoms with Gasteiger partial charge in [-0.3, -0.25) is 9.78 Å². The first-order chi connectivity index (χ1) is 11.0. The van der Waals surface area contributed by atoms with Crippen molar-refractivity contribution < 1.29 is 13.9 Å². The maximum absolute atomic E-state index is 14.7. The van der Waals surface area contributed by atoms with Crippen LogP contribution in [0.2, 0.25) is 5.02 Å². The third-order valence-corrected chi connectivity index (χ3v) is 4.41. The number of methoxy groups -OCH3 is 1. The van der Waals surface area contributed by atoms with Crippen LogP contribution in [-0.2, 0) is 4.79 Å². The quantitative estimate of drug-likeness (QED) is 0.841. The highest BCUT2D eigenvalue weighted by molar-refractivity contribution is 6.35. The molecule has 4 nitrogen and oxygen atoms in total. The van der Waals surface area contributed by atoms with Gasteiger partial charge in [-0.15, -0.1) is 0 Å². The fourth-order valence-corrected chi connectivity index (χ4v) is 3.04. The molecule has 2 heterocycles. The topological polar surface area (TPSA) is 42.4 Å². The van der Waals surface area contributed by atoms with Crippen molar-refractivity contribution in [2.75, 3.05) is 20.2 Å². The number of fused-ring (bicyclic) bond motifs is 1. The lowest BCUT2D eigenvalue weighted by atomic mass is 9.96. The summed E-state index contributed by atoms with van der Waals surface area (Å²) in [5, 5.41) is 0.997. The molecule has 1 aromatic carbocycles. The monoisotopic (exact) mass is 334 g/mol. The van der Waals surface area contributed by atoms with Crippen LogP contribution in [0.5, 0.6) is 5.75 Å². The van der Waals surface area contributed by atoms with Gasteiger partial charge in [0.25, 0.3) is 0 Å². The molecule has 0 aliphatic carbocycles. The fraction of sp³-hybridized carbons (Fsp3) is 0.294. The maximum atomic E-state index is 14.7. The Bertz CT molecular complexity index is 820. The van der Waals surface area contributed by atoms with Gasteiger partial charge in [-0.05, 0) is 24.1 Å². The number of amides is 1. The zero-order chi connectivity index (χ0) is 16.6. The van der Waals surface area contributed by atoms with Gasteiger partial charge in [0.1, 0.15) is 5.52 Å². The summed E-state index contributed by atoms with van der Waals surface area (Å²) in [7, 11) is 1.43. The number of halogens is 2. The Balaban J connectivity index is 2.14. The Kier molecular flexibility index (Phi) is 4.22. The number of carbonyl (C=O) groups excluding carboxylic acids is 1. The van der Waals surface area contributed by atoms with Crippen LogP contribution in [0.15, 0.2) is 24.4 Å². The van der Waals surface area contributed by atoms with Crippen LogP contribution < -0.4 is 4.74 Å². The molecule has 120 valence electrons. The Morgan fingerprint density at radius 1 is 1.48 bits per heavy atom. The van der Waals surface area contributed by atoms with Gasteiger partial charge in [0, 0.05) is 37.2 Å². The number of carbonyl (C=O) groups is 1. The van der Waals surface area contributed by atoms with E-state index in [1.807, 2.05) is 12.1 Å². The molecule has 1 aromatic heterocycles. The number of rotatable bonds is 2. The third-order valence-electron chi connectivity index (χ3n) is 4.08. The summed E-state index contributed by atoms with van der Waals surface area (Å²) in [6, 6.07) is 3.44. The lowest BCUT2D eigenvalue weighted by Gasteiger charge is -2.26. The summed E-state index contributed by atoms with van der Waals surface area (Å²) in [6.45, 7) is 2.65. The smallest absolute Gasteiger partial charge is 0.219 e. The van der Waals surface area contributed by atoms with Gasteiger partial charge in [0.05, 0.1) is 12.1 Å². The van der Waals surface area contributed by atoms with Crippen molar-refractivity contribution in [3.8, 4) is 5.75 Å². The predicted octanol–water partition coefficient (Wildman–Crippen LogP) is 3.67. The second-order valence-corrected chi connectivity index (χ2v) is 5.81. The first-order valence-electron chi connectivity index (χ1n) is 7.28. The van der Waals surface area contributed by atoms with Crippen molar-refractivity contribution in [2.45, 2.75) is 13.3 Å². The van der Waals surface area contributed by atoms with Gasteiger partial charge in [0.2, 0.25) is 5.91 Å². The molecule has 1 amide bonds. The SMILES string of the molecule is COc1c(C2=CCN(C(C)=O)CC2)cc2c(Cl)ccnc2c1F. The molecule has 0 radical (unpaired) electrons. The molecule has 23 heavy (non-hydrogen) atoms. The zero-order valence-corrected chi connectivity index (χ0v) is 13.7. The van der Waals surface area contributed by atoms with E-state index in [1.165, 1.54) is 13.3 Å². The van der Waals surface area contributed by atoms with E-state index >= 15 is 0 Å². The summed E-state index contributed by atoms with van der Waals surface area (Å²) in [6.07, 6.45) is 4.04. The normalized spacial score (nSPS) is 14.8. The highest BCUT2D eigenvalue weighted by Crippen LogP contribution is 2.38. The summed E-state index contributed by atoms with van der Waals surface area (Å²) < 4.78 is 20.0. The lowest BCUT2D eigenvalue weighted by Crippen LogP contribution is -2.32. The van der Waals surface area contributed by atoms with Gasteiger partial charge in [0.15, 0.2) is 11.6 Å². The Hall–Kier alpha value is -2.14. The van der Waals surface area contributed by atoms with Crippen LogP contribution in [0.1, 0.15) is 18.9 Å². The molecule has 1 aliphatic heterocycles. The number of nitrogens with zero attached hydrogens (tertiary/aromatic N) is 2. The second kappa shape index (κ2) is 6.16. The van der Waals surface area contributed by atoms with Crippen LogP contribution in [0, 0.1) is 5.82 Å². The Labute approximate surface area is 138 Å². The van der Waals surface area contributed by atoms with E-state index < -0.39 is 5.82 Å². The molecule has 3 rings (SSSR count). The molecule has 0 bridgehead atoms. The summed E-state index contributed by atoms with van der Waals surface area (Å²) in [5.74, 6) is -0.323. The van der Waals surface area contributed by atoms with E-state index in [4.69, 9.17) is 16.3 Å².